The number of carbonyl (C=O) groups is 1. The second kappa shape index (κ2) is 6.33. The Balaban J connectivity index is 2.22. The maximum atomic E-state index is 14.0. The molecule has 124 valence electrons. The van der Waals surface area contributed by atoms with Crippen LogP contribution in [0.3, 0.4) is 0 Å². The minimum atomic E-state index is -1.20. The van der Waals surface area contributed by atoms with Crippen LogP contribution in [-0.2, 0) is 17.9 Å². The zero-order valence-electron chi connectivity index (χ0n) is 12.0. The van der Waals surface area contributed by atoms with Gasteiger partial charge in [0.2, 0.25) is 0 Å². The first-order valence-corrected chi connectivity index (χ1v) is 8.42. The molecule has 3 aromatic rings. The fraction of sp³-hybridized carbons (Fsp3) is 0.133. The van der Waals surface area contributed by atoms with Gasteiger partial charge < -0.3 is 5.11 Å². The summed E-state index contributed by atoms with van der Waals surface area (Å²) < 4.78 is 16.4. The molecule has 2 aromatic heterocycles. The molecule has 0 saturated carbocycles. The van der Waals surface area contributed by atoms with Gasteiger partial charge in [-0.1, -0.05) is 22.0 Å². The number of rotatable bonds is 4. The lowest BCUT2D eigenvalue weighted by Crippen LogP contribution is -2.41. The molecule has 3 rings (SSSR count). The molecule has 0 atom stereocenters. The van der Waals surface area contributed by atoms with Crippen LogP contribution < -0.4 is 11.2 Å². The van der Waals surface area contributed by atoms with Gasteiger partial charge in [0.25, 0.3) is 5.56 Å². The lowest BCUT2D eigenvalue weighted by atomic mass is 10.2. The third-order valence-corrected chi connectivity index (χ3v) is 4.89. The molecule has 1 N–H and O–H groups in total. The Hall–Kier alpha value is -2.26. The van der Waals surface area contributed by atoms with Crippen LogP contribution in [0.15, 0.2) is 43.7 Å². The monoisotopic (exact) mass is 412 g/mol. The normalized spacial score (nSPS) is 11.1. The van der Waals surface area contributed by atoms with Crippen LogP contribution in [0.2, 0.25) is 0 Å². The van der Waals surface area contributed by atoms with Crippen molar-refractivity contribution in [2.45, 2.75) is 13.1 Å². The van der Waals surface area contributed by atoms with E-state index in [0.717, 1.165) is 20.5 Å². The predicted molar refractivity (Wildman–Crippen MR) is 91.2 cm³/mol. The molecule has 0 aliphatic heterocycles. The summed E-state index contributed by atoms with van der Waals surface area (Å²) in [6.45, 7) is -0.846. The van der Waals surface area contributed by atoms with E-state index in [1.165, 1.54) is 18.2 Å². The van der Waals surface area contributed by atoms with Crippen LogP contribution in [0.5, 0.6) is 0 Å². The van der Waals surface area contributed by atoms with E-state index in [9.17, 15) is 18.8 Å². The molecule has 0 fully saturated rings. The molecule has 0 radical (unpaired) electrons. The third-order valence-electron chi connectivity index (χ3n) is 3.46. The van der Waals surface area contributed by atoms with E-state index < -0.39 is 29.6 Å². The molecule has 6 nitrogen and oxygen atoms in total. The van der Waals surface area contributed by atoms with Gasteiger partial charge in [0.05, 0.1) is 11.9 Å². The Bertz CT molecular complexity index is 1070. The minimum Gasteiger partial charge on any atom is -0.480 e. The molecule has 0 spiro atoms. The topological polar surface area (TPSA) is 81.3 Å². The molecule has 0 amide bonds. The van der Waals surface area contributed by atoms with Crippen LogP contribution in [-0.4, -0.2) is 20.2 Å². The summed E-state index contributed by atoms with van der Waals surface area (Å²) in [5, 5.41) is 10.8. The lowest BCUT2D eigenvalue weighted by Gasteiger charge is -2.11. The maximum Gasteiger partial charge on any atom is 0.332 e. The van der Waals surface area contributed by atoms with Gasteiger partial charge in [0.15, 0.2) is 0 Å². The molecular weight excluding hydrogens is 403 g/mol. The number of aliphatic carboxylic acids is 1. The highest BCUT2D eigenvalue weighted by Gasteiger charge is 2.17. The number of nitrogens with zero attached hydrogens (tertiary/aromatic N) is 2. The number of thiophene rings is 1. The lowest BCUT2D eigenvalue weighted by molar-refractivity contribution is -0.137. The van der Waals surface area contributed by atoms with E-state index in [4.69, 9.17) is 5.11 Å². The average molecular weight is 413 g/mol. The van der Waals surface area contributed by atoms with E-state index >= 15 is 0 Å². The Morgan fingerprint density at radius 3 is 2.67 bits per heavy atom. The smallest absolute Gasteiger partial charge is 0.332 e. The Morgan fingerprint density at radius 1 is 1.25 bits per heavy atom. The number of carboxylic acids is 1. The number of hydrogen-bond acceptors (Lipinski definition) is 4. The number of benzene rings is 1. The molecule has 0 aliphatic rings. The highest BCUT2D eigenvalue weighted by atomic mass is 79.9. The number of hydrogen-bond donors (Lipinski definition) is 1. The molecule has 24 heavy (non-hydrogen) atoms. The molecule has 1 aromatic carbocycles. The van der Waals surface area contributed by atoms with Crippen LogP contribution in [0.4, 0.5) is 4.39 Å². The molecule has 0 unspecified atom stereocenters. The molecule has 0 saturated heterocycles. The SMILES string of the molecule is O=C(O)Cn1c(=O)n(Cc2ccc(Br)cc2F)c(=O)c2ccsc21. The molecule has 0 aliphatic carbocycles. The van der Waals surface area contributed by atoms with Crippen molar-refractivity contribution in [1.29, 1.82) is 0 Å². The molecular formula is C15H10BrFN2O4S. The van der Waals surface area contributed by atoms with Crippen molar-refractivity contribution in [3.63, 3.8) is 0 Å². The number of halogens is 2. The predicted octanol–water partition coefficient (Wildman–Crippen LogP) is 2.26. The van der Waals surface area contributed by atoms with Gasteiger partial charge in [-0.25, -0.2) is 9.18 Å². The Labute approximate surface area is 146 Å². The number of aromatic nitrogens is 2. The summed E-state index contributed by atoms with van der Waals surface area (Å²) in [5.41, 5.74) is -1.19. The van der Waals surface area contributed by atoms with Crippen molar-refractivity contribution in [3.05, 3.63) is 66.3 Å². The van der Waals surface area contributed by atoms with Gasteiger partial charge in [-0.3, -0.25) is 18.7 Å². The fourth-order valence-corrected chi connectivity index (χ4v) is 3.59. The number of carboxylic acid groups (broad SMARTS) is 1. The van der Waals surface area contributed by atoms with Crippen LogP contribution in [0, 0.1) is 5.82 Å². The third kappa shape index (κ3) is 2.92. The first kappa shape index (κ1) is 16.6. The van der Waals surface area contributed by atoms with Gasteiger partial charge in [0.1, 0.15) is 17.2 Å². The minimum absolute atomic E-state index is 0.161. The summed E-state index contributed by atoms with van der Waals surface area (Å²) >= 11 is 4.25. The molecule has 2 heterocycles. The van der Waals surface area contributed by atoms with Crippen LogP contribution in [0.25, 0.3) is 10.2 Å². The standard InChI is InChI=1S/C15H10BrFN2O4S/c16-9-2-1-8(11(17)5-9)6-18-13(22)10-3-4-24-14(10)19(15(18)23)7-12(20)21/h1-5H,6-7H2,(H,20,21). The summed E-state index contributed by atoms with van der Waals surface area (Å²) in [7, 11) is 0. The van der Waals surface area contributed by atoms with E-state index in [0.29, 0.717) is 9.30 Å². The zero-order chi connectivity index (χ0) is 17.4. The zero-order valence-corrected chi connectivity index (χ0v) is 14.4. The second-order valence-corrected chi connectivity index (χ2v) is 6.84. The summed E-state index contributed by atoms with van der Waals surface area (Å²) in [6, 6.07) is 5.82. The van der Waals surface area contributed by atoms with Gasteiger partial charge in [-0.15, -0.1) is 11.3 Å². The van der Waals surface area contributed by atoms with Crippen molar-refractivity contribution in [3.8, 4) is 0 Å². The molecule has 9 heteroatoms. The van der Waals surface area contributed by atoms with Crippen molar-refractivity contribution >= 4 is 43.5 Å². The van der Waals surface area contributed by atoms with Crippen molar-refractivity contribution in [2.24, 2.45) is 0 Å². The largest absolute Gasteiger partial charge is 0.480 e. The van der Waals surface area contributed by atoms with E-state index in [1.54, 1.807) is 11.4 Å². The quantitative estimate of drug-likeness (QED) is 0.712. The van der Waals surface area contributed by atoms with Crippen molar-refractivity contribution < 1.29 is 14.3 Å². The first-order valence-electron chi connectivity index (χ1n) is 6.75. The van der Waals surface area contributed by atoms with Crippen LogP contribution >= 0.6 is 27.3 Å². The highest BCUT2D eigenvalue weighted by Crippen LogP contribution is 2.18. The van der Waals surface area contributed by atoms with Gasteiger partial charge in [0, 0.05) is 10.0 Å². The second-order valence-electron chi connectivity index (χ2n) is 5.03. The average Bonchev–Trinajstić information content (AvgIpc) is 2.99. The highest BCUT2D eigenvalue weighted by molar-refractivity contribution is 9.10. The summed E-state index contributed by atoms with van der Waals surface area (Å²) in [4.78, 5) is 36.4. The first-order chi connectivity index (χ1) is 11.4. The van der Waals surface area contributed by atoms with Gasteiger partial charge in [-0.05, 0) is 23.6 Å². The molecule has 0 bridgehead atoms. The van der Waals surface area contributed by atoms with E-state index in [-0.39, 0.29) is 17.5 Å². The van der Waals surface area contributed by atoms with Crippen molar-refractivity contribution in [1.82, 2.24) is 9.13 Å². The van der Waals surface area contributed by atoms with Gasteiger partial charge >= 0.3 is 11.7 Å². The maximum absolute atomic E-state index is 14.0. The summed E-state index contributed by atoms with van der Waals surface area (Å²) in [6.07, 6.45) is 0. The van der Waals surface area contributed by atoms with E-state index in [1.807, 2.05) is 0 Å². The van der Waals surface area contributed by atoms with Crippen molar-refractivity contribution in [2.75, 3.05) is 0 Å². The fourth-order valence-electron chi connectivity index (χ4n) is 2.37. The summed E-state index contributed by atoms with van der Waals surface area (Å²) in [5.74, 6) is -1.77. The number of fused-ring (bicyclic) bond motifs is 1. The van der Waals surface area contributed by atoms with Gasteiger partial charge in [-0.2, -0.15) is 0 Å². The van der Waals surface area contributed by atoms with E-state index in [2.05, 4.69) is 15.9 Å². The van der Waals surface area contributed by atoms with Crippen LogP contribution in [0.1, 0.15) is 5.56 Å². The Morgan fingerprint density at radius 2 is 2.00 bits per heavy atom. The Kier molecular flexibility index (Phi) is 4.37.